The van der Waals surface area contributed by atoms with Crippen LogP contribution in [0.5, 0.6) is 0 Å². The number of primary amides is 1. The third-order valence-corrected chi connectivity index (χ3v) is 2.71. The van der Waals surface area contributed by atoms with Crippen LogP contribution in [0.2, 0.25) is 0 Å². The highest BCUT2D eigenvalue weighted by atomic mass is 16.1. The van der Waals surface area contributed by atoms with Crippen molar-refractivity contribution >= 4 is 12.1 Å². The van der Waals surface area contributed by atoms with Crippen molar-refractivity contribution in [2.24, 2.45) is 22.6 Å². The molecular weight excluding hydrogens is 164 g/mol. The Morgan fingerprint density at radius 2 is 2.46 bits per heavy atom. The Bertz CT molecular complexity index is 339. The lowest BCUT2D eigenvalue weighted by atomic mass is 9.71. The number of amides is 1. The molecule has 3 nitrogen and oxygen atoms in total. The first-order valence-corrected chi connectivity index (χ1v) is 4.43. The molecule has 68 valence electrons. The average molecular weight is 176 g/mol. The Kier molecular flexibility index (Phi) is 1.79. The average Bonchev–Trinajstić information content (AvgIpc) is 2.23. The summed E-state index contributed by atoms with van der Waals surface area (Å²) in [6, 6.07) is 0. The third kappa shape index (κ3) is 1.30. The molecule has 0 bridgehead atoms. The monoisotopic (exact) mass is 176 g/mol. The topological polar surface area (TPSA) is 55.5 Å². The molecule has 3 heteroatoms. The zero-order valence-corrected chi connectivity index (χ0v) is 7.53. The van der Waals surface area contributed by atoms with Gasteiger partial charge in [0.05, 0.1) is 5.57 Å². The summed E-state index contributed by atoms with van der Waals surface area (Å²) in [6.45, 7) is 2.17. The summed E-state index contributed by atoms with van der Waals surface area (Å²) < 4.78 is 0. The van der Waals surface area contributed by atoms with Crippen molar-refractivity contribution in [3.8, 4) is 0 Å². The number of hydrogen-bond donors (Lipinski definition) is 1. The summed E-state index contributed by atoms with van der Waals surface area (Å²) in [7, 11) is 0. The van der Waals surface area contributed by atoms with Gasteiger partial charge in [0, 0.05) is 18.3 Å². The van der Waals surface area contributed by atoms with Gasteiger partial charge in [0.15, 0.2) is 0 Å². The van der Waals surface area contributed by atoms with Crippen molar-refractivity contribution in [2.75, 3.05) is 0 Å². The minimum Gasteiger partial charge on any atom is -0.366 e. The highest BCUT2D eigenvalue weighted by Crippen LogP contribution is 2.41. The van der Waals surface area contributed by atoms with E-state index in [2.05, 4.69) is 11.9 Å². The minimum atomic E-state index is -0.391. The first-order valence-electron chi connectivity index (χ1n) is 4.43. The highest BCUT2D eigenvalue weighted by Gasteiger charge is 2.31. The van der Waals surface area contributed by atoms with Gasteiger partial charge in [-0.15, -0.1) is 0 Å². The van der Waals surface area contributed by atoms with Gasteiger partial charge in [-0.05, 0) is 17.9 Å². The highest BCUT2D eigenvalue weighted by molar-refractivity contribution is 6.11. The molecule has 0 radical (unpaired) electrons. The Hall–Kier alpha value is -1.38. The van der Waals surface area contributed by atoms with Crippen molar-refractivity contribution in [1.29, 1.82) is 0 Å². The molecule has 1 aliphatic carbocycles. The predicted molar refractivity (Wildman–Crippen MR) is 51.1 cm³/mol. The van der Waals surface area contributed by atoms with Crippen LogP contribution < -0.4 is 5.73 Å². The lowest BCUT2D eigenvalue weighted by Crippen LogP contribution is -2.24. The van der Waals surface area contributed by atoms with E-state index >= 15 is 0 Å². The molecular formula is C10H12N2O. The summed E-state index contributed by atoms with van der Waals surface area (Å²) in [6.07, 6.45) is 6.42. The zero-order valence-electron chi connectivity index (χ0n) is 7.53. The fourth-order valence-corrected chi connectivity index (χ4v) is 1.85. The number of allylic oxidation sites excluding steroid dienone is 2. The molecule has 0 spiro atoms. The largest absolute Gasteiger partial charge is 0.366 e. The van der Waals surface area contributed by atoms with E-state index in [0.717, 1.165) is 6.42 Å². The van der Waals surface area contributed by atoms with E-state index < -0.39 is 5.91 Å². The maximum atomic E-state index is 10.9. The first kappa shape index (κ1) is 8.23. The lowest BCUT2D eigenvalue weighted by Gasteiger charge is -2.33. The van der Waals surface area contributed by atoms with Gasteiger partial charge in [0.2, 0.25) is 5.91 Å². The van der Waals surface area contributed by atoms with Crippen LogP contribution in [0.1, 0.15) is 13.3 Å². The van der Waals surface area contributed by atoms with Gasteiger partial charge < -0.3 is 5.73 Å². The van der Waals surface area contributed by atoms with Crippen LogP contribution in [-0.4, -0.2) is 12.1 Å². The number of aliphatic imine (C=N–C) groups is 1. The summed E-state index contributed by atoms with van der Waals surface area (Å²) in [4.78, 5) is 15.0. The lowest BCUT2D eigenvalue weighted by molar-refractivity contribution is -0.114. The Morgan fingerprint density at radius 1 is 1.69 bits per heavy atom. The van der Waals surface area contributed by atoms with E-state index in [1.54, 1.807) is 6.21 Å². The Labute approximate surface area is 77.0 Å². The van der Waals surface area contributed by atoms with E-state index in [1.165, 1.54) is 5.57 Å². The van der Waals surface area contributed by atoms with Gasteiger partial charge >= 0.3 is 0 Å². The van der Waals surface area contributed by atoms with Crippen molar-refractivity contribution in [2.45, 2.75) is 13.3 Å². The van der Waals surface area contributed by atoms with Crippen LogP contribution >= 0.6 is 0 Å². The maximum Gasteiger partial charge on any atom is 0.249 e. The van der Waals surface area contributed by atoms with Gasteiger partial charge in [-0.1, -0.05) is 13.0 Å². The van der Waals surface area contributed by atoms with Crippen LogP contribution in [0.25, 0.3) is 0 Å². The first-order chi connectivity index (χ1) is 6.18. The fraction of sp³-hybridized carbons (Fsp3) is 0.400. The standard InChI is InChI=1S/C10H12N2O/c1-6-2-7-3-8(10(11)13)4-12-5-9(6)7/h3-7H,2H2,1H3,(H2,11,13). The van der Waals surface area contributed by atoms with Gasteiger partial charge in [-0.2, -0.15) is 0 Å². The molecule has 2 N–H and O–H groups in total. The number of nitrogens with zero attached hydrogens (tertiary/aromatic N) is 1. The summed E-state index contributed by atoms with van der Waals surface area (Å²) >= 11 is 0. The second kappa shape index (κ2) is 2.83. The van der Waals surface area contributed by atoms with Gasteiger partial charge in [-0.25, -0.2) is 0 Å². The molecule has 0 saturated heterocycles. The number of carbonyl (C=O) groups is 1. The van der Waals surface area contributed by atoms with E-state index in [-0.39, 0.29) is 0 Å². The molecule has 1 fully saturated rings. The number of nitrogens with two attached hydrogens (primary N) is 1. The van der Waals surface area contributed by atoms with Crippen LogP contribution in [-0.2, 0) is 4.79 Å². The van der Waals surface area contributed by atoms with E-state index in [0.29, 0.717) is 17.4 Å². The predicted octanol–water partition coefficient (Wildman–Crippen LogP) is 1.02. The molecule has 0 aromatic carbocycles. The van der Waals surface area contributed by atoms with E-state index in [1.807, 2.05) is 12.3 Å². The second-order valence-electron chi connectivity index (χ2n) is 3.64. The van der Waals surface area contributed by atoms with Crippen LogP contribution in [0.4, 0.5) is 0 Å². The maximum absolute atomic E-state index is 10.9. The zero-order chi connectivity index (χ0) is 9.42. The minimum absolute atomic E-state index is 0.389. The Balaban J connectivity index is 2.27. The van der Waals surface area contributed by atoms with Crippen LogP contribution in [0.3, 0.4) is 0 Å². The van der Waals surface area contributed by atoms with Crippen LogP contribution in [0.15, 0.2) is 28.4 Å². The molecule has 2 unspecified atom stereocenters. The van der Waals surface area contributed by atoms with Crippen molar-refractivity contribution in [3.63, 3.8) is 0 Å². The smallest absolute Gasteiger partial charge is 0.249 e. The molecule has 0 aromatic heterocycles. The molecule has 1 saturated carbocycles. The van der Waals surface area contributed by atoms with E-state index in [9.17, 15) is 4.79 Å². The van der Waals surface area contributed by atoms with Crippen molar-refractivity contribution in [3.05, 3.63) is 23.4 Å². The quantitative estimate of drug-likeness (QED) is 0.637. The molecule has 2 rings (SSSR count). The number of fused-ring (bicyclic) bond motifs is 1. The summed E-state index contributed by atoms with van der Waals surface area (Å²) in [5, 5.41) is 0. The van der Waals surface area contributed by atoms with Crippen molar-refractivity contribution in [1.82, 2.24) is 0 Å². The van der Waals surface area contributed by atoms with E-state index in [4.69, 9.17) is 5.73 Å². The molecule has 2 aliphatic rings. The summed E-state index contributed by atoms with van der Waals surface area (Å²) in [5.41, 5.74) is 7.02. The van der Waals surface area contributed by atoms with Crippen LogP contribution in [0, 0.1) is 11.8 Å². The number of carbonyl (C=O) groups excluding carboxylic acids is 1. The van der Waals surface area contributed by atoms with Gasteiger partial charge in [0.1, 0.15) is 0 Å². The SMILES string of the molecule is CC1CC2C=C(C(N)=O)C=NC=C12. The second-order valence-corrected chi connectivity index (χ2v) is 3.64. The molecule has 1 aliphatic heterocycles. The molecule has 13 heavy (non-hydrogen) atoms. The normalized spacial score (nSPS) is 30.8. The Morgan fingerprint density at radius 3 is 3.08 bits per heavy atom. The van der Waals surface area contributed by atoms with Gasteiger partial charge in [0.25, 0.3) is 0 Å². The molecule has 1 heterocycles. The molecule has 1 amide bonds. The van der Waals surface area contributed by atoms with Crippen molar-refractivity contribution < 1.29 is 4.79 Å². The number of hydrogen-bond acceptors (Lipinski definition) is 2. The third-order valence-electron chi connectivity index (χ3n) is 2.71. The fourth-order valence-electron chi connectivity index (χ4n) is 1.85. The molecule has 0 aromatic rings. The van der Waals surface area contributed by atoms with Gasteiger partial charge in [-0.3, -0.25) is 9.79 Å². The number of rotatable bonds is 1. The summed E-state index contributed by atoms with van der Waals surface area (Å²) in [5.74, 6) is 0.601. The molecule has 2 atom stereocenters.